The Balaban J connectivity index is 1.86. The molecule has 254 valence electrons. The Kier molecular flexibility index (Phi) is 9.49. The van der Waals surface area contributed by atoms with Crippen molar-refractivity contribution < 1.29 is 72.2 Å². The number of hydrogen-bond donors (Lipinski definition) is 2. The van der Waals surface area contributed by atoms with Gasteiger partial charge in [0.2, 0.25) is 0 Å². The highest BCUT2D eigenvalue weighted by Crippen LogP contribution is 2.48. The zero-order valence-corrected chi connectivity index (χ0v) is 23.2. The molecule has 0 fully saturated rings. The van der Waals surface area contributed by atoms with Crippen LogP contribution in [0.5, 0.6) is 5.75 Å². The van der Waals surface area contributed by atoms with Crippen LogP contribution in [0.2, 0.25) is 0 Å². The molecule has 0 aliphatic carbocycles. The average Bonchev–Trinajstić information content (AvgIpc) is 3.46. The Morgan fingerprint density at radius 1 is 0.872 bits per heavy atom. The van der Waals surface area contributed by atoms with Crippen molar-refractivity contribution in [2.24, 2.45) is 5.16 Å². The summed E-state index contributed by atoms with van der Waals surface area (Å²) in [5.41, 5.74) is -9.27. The number of amides is 1. The standard InChI is InChI=1S/C29H20F12N2O4/c30-18-8-6-16(7-9-18)25(14-15-4-2-1-3-5-15,17-10-19(31)12-20(11-17)46-27(34,35)24(32)33)42-23(44)21-13-22(47-43-21)26(45,28(36,37)38)29(39,40)41/h1-12,22,24,45H,13-14H2,(H,42,44)/t22?,25-/m1/s1. The van der Waals surface area contributed by atoms with Crippen molar-refractivity contribution in [3.05, 3.63) is 101 Å². The minimum atomic E-state index is -6.35. The summed E-state index contributed by atoms with van der Waals surface area (Å²) in [6, 6.07) is 12.7. The van der Waals surface area contributed by atoms with E-state index in [1.807, 2.05) is 0 Å². The number of carbonyl (C=O) groups excluding carboxylic acids is 1. The van der Waals surface area contributed by atoms with E-state index in [4.69, 9.17) is 0 Å². The number of ether oxygens (including phenoxy) is 1. The van der Waals surface area contributed by atoms with Gasteiger partial charge in [0.15, 0.2) is 6.10 Å². The van der Waals surface area contributed by atoms with E-state index in [0.29, 0.717) is 18.2 Å². The van der Waals surface area contributed by atoms with Crippen LogP contribution in [-0.2, 0) is 21.6 Å². The van der Waals surface area contributed by atoms with Crippen molar-refractivity contribution in [3.8, 4) is 5.75 Å². The molecule has 3 aromatic rings. The van der Waals surface area contributed by atoms with Gasteiger partial charge < -0.3 is 20.0 Å². The Morgan fingerprint density at radius 3 is 2.02 bits per heavy atom. The summed E-state index contributed by atoms with van der Waals surface area (Å²) in [6.07, 6.45) is -27.5. The van der Waals surface area contributed by atoms with Gasteiger partial charge in [0.25, 0.3) is 11.5 Å². The molecule has 1 unspecified atom stereocenters. The van der Waals surface area contributed by atoms with Crippen LogP contribution in [0, 0.1) is 11.6 Å². The zero-order chi connectivity index (χ0) is 35.0. The van der Waals surface area contributed by atoms with Gasteiger partial charge in [-0.15, -0.1) is 0 Å². The molecule has 18 heteroatoms. The molecule has 2 N–H and O–H groups in total. The fourth-order valence-corrected chi connectivity index (χ4v) is 4.79. The zero-order valence-electron chi connectivity index (χ0n) is 23.2. The molecule has 2 atom stereocenters. The number of aliphatic hydroxyl groups is 1. The summed E-state index contributed by atoms with van der Waals surface area (Å²) in [5.74, 6) is -4.95. The quantitative estimate of drug-likeness (QED) is 0.230. The van der Waals surface area contributed by atoms with Crippen LogP contribution in [0.15, 0.2) is 78.0 Å². The van der Waals surface area contributed by atoms with Gasteiger partial charge in [-0.05, 0) is 41.0 Å². The van der Waals surface area contributed by atoms with E-state index < -0.39 is 89.5 Å². The highest BCUT2D eigenvalue weighted by Gasteiger charge is 2.76. The van der Waals surface area contributed by atoms with Crippen LogP contribution in [0.25, 0.3) is 0 Å². The predicted octanol–water partition coefficient (Wildman–Crippen LogP) is 6.80. The first-order valence-electron chi connectivity index (χ1n) is 13.1. The van der Waals surface area contributed by atoms with Crippen molar-refractivity contribution in [3.63, 3.8) is 0 Å². The van der Waals surface area contributed by atoms with E-state index in [1.165, 1.54) is 24.3 Å². The van der Waals surface area contributed by atoms with E-state index >= 15 is 0 Å². The van der Waals surface area contributed by atoms with Crippen LogP contribution in [0.1, 0.15) is 23.1 Å². The molecular formula is C29H20F12N2O4. The van der Waals surface area contributed by atoms with E-state index in [-0.39, 0.29) is 11.1 Å². The number of carbonyl (C=O) groups is 1. The molecule has 0 radical (unpaired) electrons. The maximum atomic E-state index is 14.9. The Labute approximate surface area is 256 Å². The summed E-state index contributed by atoms with van der Waals surface area (Å²) >= 11 is 0. The smallest absolute Gasteiger partial charge is 0.428 e. The first-order chi connectivity index (χ1) is 21.7. The summed E-state index contributed by atoms with van der Waals surface area (Å²) < 4.78 is 167. The van der Waals surface area contributed by atoms with Crippen LogP contribution in [0.4, 0.5) is 52.7 Å². The van der Waals surface area contributed by atoms with Gasteiger partial charge >= 0.3 is 24.9 Å². The minimum Gasteiger partial charge on any atom is -0.428 e. The Morgan fingerprint density at radius 2 is 1.47 bits per heavy atom. The molecule has 0 aromatic heterocycles. The number of alkyl halides is 10. The second-order valence-corrected chi connectivity index (χ2v) is 10.3. The van der Waals surface area contributed by atoms with E-state index in [0.717, 1.165) is 24.3 Å². The van der Waals surface area contributed by atoms with Crippen LogP contribution >= 0.6 is 0 Å². The molecule has 1 aliphatic heterocycles. The average molecular weight is 688 g/mol. The lowest BCUT2D eigenvalue weighted by molar-refractivity contribution is -0.392. The molecule has 6 nitrogen and oxygen atoms in total. The number of oxime groups is 1. The second kappa shape index (κ2) is 12.6. The predicted molar refractivity (Wildman–Crippen MR) is 137 cm³/mol. The number of nitrogens with zero attached hydrogens (tertiary/aromatic N) is 1. The first kappa shape index (κ1) is 35.4. The number of halogens is 12. The lowest BCUT2D eigenvalue weighted by atomic mass is 9.77. The van der Waals surface area contributed by atoms with Crippen molar-refractivity contribution in [1.82, 2.24) is 5.32 Å². The molecule has 0 saturated carbocycles. The molecule has 1 aliphatic rings. The number of hydrogen-bond acceptors (Lipinski definition) is 5. The van der Waals surface area contributed by atoms with Gasteiger partial charge in [0.1, 0.15) is 23.1 Å². The molecular weight excluding hydrogens is 668 g/mol. The minimum absolute atomic E-state index is 0.161. The Bertz CT molecular complexity index is 1600. The van der Waals surface area contributed by atoms with Crippen molar-refractivity contribution >= 4 is 11.6 Å². The van der Waals surface area contributed by atoms with Gasteiger partial charge in [-0.1, -0.05) is 47.6 Å². The first-order valence-corrected chi connectivity index (χ1v) is 13.1. The third kappa shape index (κ3) is 7.11. The fourth-order valence-electron chi connectivity index (χ4n) is 4.79. The highest BCUT2D eigenvalue weighted by atomic mass is 19.4. The summed E-state index contributed by atoms with van der Waals surface area (Å²) in [6.45, 7) is 0. The van der Waals surface area contributed by atoms with E-state index in [2.05, 4.69) is 20.0 Å². The van der Waals surface area contributed by atoms with Crippen molar-refractivity contribution in [2.75, 3.05) is 0 Å². The largest absolute Gasteiger partial charge is 0.461 e. The third-order valence-electron chi connectivity index (χ3n) is 7.11. The van der Waals surface area contributed by atoms with E-state index in [9.17, 15) is 62.6 Å². The van der Waals surface area contributed by atoms with Gasteiger partial charge in [-0.3, -0.25) is 4.79 Å². The number of rotatable bonds is 10. The monoisotopic (exact) mass is 688 g/mol. The topological polar surface area (TPSA) is 80.2 Å². The SMILES string of the molecule is O=C(N[C@](Cc1ccccc1)(c1ccc(F)cc1)c1cc(F)cc(OC(F)(F)C(F)F)c1)C1=NOC(C(O)(C(F)(F)F)C(F)(F)F)C1. The lowest BCUT2D eigenvalue weighted by Crippen LogP contribution is -2.64. The van der Waals surface area contributed by atoms with Crippen LogP contribution < -0.4 is 10.1 Å². The van der Waals surface area contributed by atoms with Gasteiger partial charge in [-0.25, -0.2) is 8.78 Å². The molecule has 4 rings (SSSR count). The summed E-state index contributed by atoms with van der Waals surface area (Å²) in [4.78, 5) is 17.8. The number of nitrogens with one attached hydrogen (secondary N) is 1. The summed E-state index contributed by atoms with van der Waals surface area (Å²) in [5, 5.41) is 15.0. The molecule has 0 saturated heterocycles. The maximum Gasteiger partial charge on any atom is 0.461 e. The Hall–Kier alpha value is -4.48. The van der Waals surface area contributed by atoms with E-state index in [1.54, 1.807) is 6.07 Å². The molecule has 47 heavy (non-hydrogen) atoms. The van der Waals surface area contributed by atoms with Crippen LogP contribution in [0.3, 0.4) is 0 Å². The maximum absolute atomic E-state index is 14.9. The summed E-state index contributed by atoms with van der Waals surface area (Å²) in [7, 11) is 0. The molecule has 3 aromatic carbocycles. The molecule has 1 heterocycles. The molecule has 0 spiro atoms. The third-order valence-corrected chi connectivity index (χ3v) is 7.11. The lowest BCUT2D eigenvalue weighted by Gasteiger charge is -2.37. The molecule has 1 amide bonds. The highest BCUT2D eigenvalue weighted by molar-refractivity contribution is 6.39. The van der Waals surface area contributed by atoms with Gasteiger partial charge in [-0.2, -0.15) is 43.9 Å². The van der Waals surface area contributed by atoms with Crippen molar-refractivity contribution in [2.45, 2.75) is 55.0 Å². The van der Waals surface area contributed by atoms with Crippen molar-refractivity contribution in [1.29, 1.82) is 0 Å². The van der Waals surface area contributed by atoms with Crippen LogP contribution in [-0.4, -0.2) is 53.3 Å². The van der Waals surface area contributed by atoms with Gasteiger partial charge in [0.05, 0.1) is 5.54 Å². The second-order valence-electron chi connectivity index (χ2n) is 10.3. The normalized spacial score (nSPS) is 17.1. The fraction of sp³-hybridized carbons (Fsp3) is 0.310. The number of benzene rings is 3. The molecule has 0 bridgehead atoms. The van der Waals surface area contributed by atoms with Gasteiger partial charge in [0, 0.05) is 18.9 Å².